The quantitative estimate of drug-likeness (QED) is 0.882. The normalized spacial score (nSPS) is 11.8. The van der Waals surface area contributed by atoms with Gasteiger partial charge >= 0.3 is 0 Å². The number of hydrogen-bond donors (Lipinski definition) is 1. The van der Waals surface area contributed by atoms with Crippen LogP contribution < -0.4 is 5.73 Å². The number of rotatable bonds is 4. The van der Waals surface area contributed by atoms with E-state index in [0.717, 1.165) is 11.3 Å². The Hall–Kier alpha value is -0.250. The van der Waals surface area contributed by atoms with Crippen molar-refractivity contribution in [3.63, 3.8) is 0 Å². The van der Waals surface area contributed by atoms with Gasteiger partial charge in [-0.1, -0.05) is 23.7 Å². The van der Waals surface area contributed by atoms with Gasteiger partial charge in [0.05, 0.1) is 5.02 Å². The zero-order valence-corrected chi connectivity index (χ0v) is 10.5. The highest BCUT2D eigenvalue weighted by molar-refractivity contribution is 7.98. The number of benzene rings is 1. The fourth-order valence-corrected chi connectivity index (χ4v) is 2.44. The van der Waals surface area contributed by atoms with E-state index in [-0.39, 0.29) is 16.4 Å². The van der Waals surface area contributed by atoms with Gasteiger partial charge in [0.25, 0.3) is 0 Å². The standard InChI is InChI=1S/C11H15ClFNS/c1-11(2,14)7-15-6-8-4-3-5-9(13)10(8)12/h3-5H,6-7,14H2,1-2H3. The Morgan fingerprint density at radius 3 is 2.73 bits per heavy atom. The fraction of sp³-hybridized carbons (Fsp3) is 0.455. The maximum absolute atomic E-state index is 13.1. The van der Waals surface area contributed by atoms with Crippen LogP contribution in [0, 0.1) is 5.82 Å². The number of halogens is 2. The topological polar surface area (TPSA) is 26.0 Å². The summed E-state index contributed by atoms with van der Waals surface area (Å²) < 4.78 is 13.1. The van der Waals surface area contributed by atoms with Crippen molar-refractivity contribution in [1.29, 1.82) is 0 Å². The Kier molecular flexibility index (Phi) is 4.44. The molecule has 84 valence electrons. The minimum atomic E-state index is -0.359. The predicted molar refractivity (Wildman–Crippen MR) is 65.8 cm³/mol. The van der Waals surface area contributed by atoms with Crippen LogP contribution in [0.15, 0.2) is 18.2 Å². The van der Waals surface area contributed by atoms with Gasteiger partial charge in [-0.05, 0) is 25.5 Å². The molecule has 1 aromatic rings. The summed E-state index contributed by atoms with van der Waals surface area (Å²) in [6, 6.07) is 4.87. The highest BCUT2D eigenvalue weighted by atomic mass is 35.5. The summed E-state index contributed by atoms with van der Waals surface area (Å²) in [7, 11) is 0. The Labute approximate surface area is 99.2 Å². The van der Waals surface area contributed by atoms with Crippen molar-refractivity contribution in [2.45, 2.75) is 25.1 Å². The predicted octanol–water partition coefficient (Wildman–Crippen LogP) is 3.45. The maximum atomic E-state index is 13.1. The highest BCUT2D eigenvalue weighted by Gasteiger charge is 2.11. The Morgan fingerprint density at radius 2 is 2.13 bits per heavy atom. The van der Waals surface area contributed by atoms with Crippen molar-refractivity contribution in [1.82, 2.24) is 0 Å². The maximum Gasteiger partial charge on any atom is 0.142 e. The zero-order valence-electron chi connectivity index (χ0n) is 8.89. The minimum absolute atomic E-state index is 0.204. The Bertz CT molecular complexity index is 336. The summed E-state index contributed by atoms with van der Waals surface area (Å²) in [5.41, 5.74) is 6.46. The van der Waals surface area contributed by atoms with Crippen LogP contribution in [-0.4, -0.2) is 11.3 Å². The van der Waals surface area contributed by atoms with Crippen molar-refractivity contribution in [3.05, 3.63) is 34.6 Å². The lowest BCUT2D eigenvalue weighted by Crippen LogP contribution is -2.34. The molecule has 1 nitrogen and oxygen atoms in total. The van der Waals surface area contributed by atoms with Crippen LogP contribution in [0.25, 0.3) is 0 Å². The van der Waals surface area contributed by atoms with Crippen LogP contribution in [0.4, 0.5) is 4.39 Å². The lowest BCUT2D eigenvalue weighted by Gasteiger charge is -2.17. The second-order valence-electron chi connectivity index (χ2n) is 4.19. The summed E-state index contributed by atoms with van der Waals surface area (Å²) in [6.07, 6.45) is 0. The summed E-state index contributed by atoms with van der Waals surface area (Å²) in [5, 5.41) is 0.222. The first-order valence-corrected chi connectivity index (χ1v) is 6.23. The third-order valence-corrected chi connectivity index (χ3v) is 3.65. The number of nitrogens with two attached hydrogens (primary N) is 1. The average Bonchev–Trinajstić information content (AvgIpc) is 2.10. The fourth-order valence-electron chi connectivity index (χ4n) is 1.08. The molecule has 4 heteroatoms. The SMILES string of the molecule is CC(C)(N)CSCc1cccc(F)c1Cl. The van der Waals surface area contributed by atoms with E-state index < -0.39 is 0 Å². The molecule has 0 radical (unpaired) electrons. The van der Waals surface area contributed by atoms with Crippen LogP contribution in [0.5, 0.6) is 0 Å². The van der Waals surface area contributed by atoms with Gasteiger partial charge in [0.15, 0.2) is 0 Å². The van der Waals surface area contributed by atoms with Gasteiger partial charge in [0.1, 0.15) is 5.82 Å². The number of thioether (sulfide) groups is 1. The molecule has 0 saturated carbocycles. The van der Waals surface area contributed by atoms with Gasteiger partial charge in [-0.2, -0.15) is 11.8 Å². The third-order valence-electron chi connectivity index (χ3n) is 1.76. The summed E-state index contributed by atoms with van der Waals surface area (Å²) >= 11 is 7.48. The van der Waals surface area contributed by atoms with Crippen LogP contribution in [0.3, 0.4) is 0 Å². The van der Waals surface area contributed by atoms with Crippen molar-refractivity contribution in [2.75, 3.05) is 5.75 Å². The van der Waals surface area contributed by atoms with Gasteiger partial charge in [0.2, 0.25) is 0 Å². The average molecular weight is 248 g/mol. The molecular weight excluding hydrogens is 233 g/mol. The molecule has 0 bridgehead atoms. The molecule has 1 rings (SSSR count). The van der Waals surface area contributed by atoms with Crippen LogP contribution in [-0.2, 0) is 5.75 Å². The van der Waals surface area contributed by atoms with E-state index in [2.05, 4.69) is 0 Å². The summed E-state index contributed by atoms with van der Waals surface area (Å²) in [5.74, 6) is 1.15. The molecule has 2 N–H and O–H groups in total. The zero-order chi connectivity index (χ0) is 11.5. The third kappa shape index (κ3) is 4.41. The molecule has 0 aliphatic heterocycles. The number of hydrogen-bond acceptors (Lipinski definition) is 2. The van der Waals surface area contributed by atoms with Gasteiger partial charge in [0, 0.05) is 17.0 Å². The van der Waals surface area contributed by atoms with Crippen molar-refractivity contribution in [3.8, 4) is 0 Å². The smallest absolute Gasteiger partial charge is 0.142 e. The van der Waals surface area contributed by atoms with E-state index in [1.54, 1.807) is 17.8 Å². The first kappa shape index (κ1) is 12.8. The van der Waals surface area contributed by atoms with E-state index in [1.165, 1.54) is 6.07 Å². The summed E-state index contributed by atoms with van der Waals surface area (Å²) in [4.78, 5) is 0. The molecule has 0 aromatic heterocycles. The van der Waals surface area contributed by atoms with E-state index in [0.29, 0.717) is 5.75 Å². The second-order valence-corrected chi connectivity index (χ2v) is 5.56. The van der Waals surface area contributed by atoms with E-state index >= 15 is 0 Å². The molecule has 1 aromatic carbocycles. The molecule has 0 saturated heterocycles. The lowest BCUT2D eigenvalue weighted by molar-refractivity contribution is 0.591. The Morgan fingerprint density at radius 1 is 1.47 bits per heavy atom. The van der Waals surface area contributed by atoms with E-state index in [9.17, 15) is 4.39 Å². The van der Waals surface area contributed by atoms with Gasteiger partial charge in [-0.3, -0.25) is 0 Å². The molecule has 0 aliphatic carbocycles. The molecular formula is C11H15ClFNS. The Balaban J connectivity index is 2.55. The molecule has 0 fully saturated rings. The molecule has 0 atom stereocenters. The molecule has 0 unspecified atom stereocenters. The van der Waals surface area contributed by atoms with Crippen molar-refractivity contribution in [2.24, 2.45) is 5.73 Å². The van der Waals surface area contributed by atoms with Gasteiger partial charge < -0.3 is 5.73 Å². The second kappa shape index (κ2) is 5.19. The van der Waals surface area contributed by atoms with Crippen molar-refractivity contribution < 1.29 is 4.39 Å². The molecule has 0 amide bonds. The van der Waals surface area contributed by atoms with E-state index in [1.807, 2.05) is 19.9 Å². The van der Waals surface area contributed by atoms with Gasteiger partial charge in [-0.15, -0.1) is 0 Å². The van der Waals surface area contributed by atoms with Gasteiger partial charge in [-0.25, -0.2) is 4.39 Å². The molecule has 0 spiro atoms. The van der Waals surface area contributed by atoms with Crippen molar-refractivity contribution >= 4 is 23.4 Å². The molecule has 0 aliphatic rings. The highest BCUT2D eigenvalue weighted by Crippen LogP contribution is 2.24. The summed E-state index contributed by atoms with van der Waals surface area (Å²) in [6.45, 7) is 3.93. The molecule has 0 heterocycles. The molecule has 15 heavy (non-hydrogen) atoms. The first-order chi connectivity index (χ1) is 6.90. The van der Waals surface area contributed by atoms with Crippen LogP contribution in [0.1, 0.15) is 19.4 Å². The lowest BCUT2D eigenvalue weighted by atomic mass is 10.1. The first-order valence-electron chi connectivity index (χ1n) is 4.70. The van der Waals surface area contributed by atoms with Crippen LogP contribution in [0.2, 0.25) is 5.02 Å². The minimum Gasteiger partial charge on any atom is -0.325 e. The monoisotopic (exact) mass is 247 g/mol. The van der Waals surface area contributed by atoms with Crippen LogP contribution >= 0.6 is 23.4 Å². The van der Waals surface area contributed by atoms with E-state index in [4.69, 9.17) is 17.3 Å². The largest absolute Gasteiger partial charge is 0.325 e.